The highest BCUT2D eigenvalue weighted by Crippen LogP contribution is 2.40. The summed E-state index contributed by atoms with van der Waals surface area (Å²) < 4.78 is 4.84. The zero-order valence-electron chi connectivity index (χ0n) is 14.6. The van der Waals surface area contributed by atoms with Crippen molar-refractivity contribution >= 4 is 40.8 Å². The smallest absolute Gasteiger partial charge is 0.328 e. The second kappa shape index (κ2) is 8.17. The first-order valence-electron chi connectivity index (χ1n) is 8.36. The van der Waals surface area contributed by atoms with E-state index in [2.05, 4.69) is 10.6 Å². The number of anilines is 1. The van der Waals surface area contributed by atoms with Gasteiger partial charge in [-0.15, -0.1) is 0 Å². The van der Waals surface area contributed by atoms with Gasteiger partial charge in [0.25, 0.3) is 5.91 Å². The van der Waals surface area contributed by atoms with Crippen molar-refractivity contribution in [3.05, 3.63) is 63.1 Å². The topological polar surface area (TPSA) is 93.5 Å². The quantitative estimate of drug-likeness (QED) is 0.676. The number of ether oxygens (including phenoxy) is 1. The lowest BCUT2D eigenvalue weighted by Crippen LogP contribution is -2.41. The molecule has 1 amide bonds. The van der Waals surface area contributed by atoms with Crippen molar-refractivity contribution in [1.82, 2.24) is 5.32 Å². The van der Waals surface area contributed by atoms with Gasteiger partial charge in [-0.3, -0.25) is 4.79 Å². The Morgan fingerprint density at radius 3 is 2.78 bits per heavy atom. The van der Waals surface area contributed by atoms with E-state index in [0.29, 0.717) is 39.8 Å². The van der Waals surface area contributed by atoms with Crippen LogP contribution in [0.4, 0.5) is 5.69 Å². The molecule has 0 bridgehead atoms. The number of carbonyl (C=O) groups is 2. The Morgan fingerprint density at radius 1 is 1.30 bits per heavy atom. The maximum atomic E-state index is 12.8. The van der Waals surface area contributed by atoms with Gasteiger partial charge in [0.15, 0.2) is 0 Å². The second-order valence-electron chi connectivity index (χ2n) is 6.24. The van der Waals surface area contributed by atoms with Gasteiger partial charge < -0.3 is 21.1 Å². The van der Waals surface area contributed by atoms with Crippen LogP contribution in [0.3, 0.4) is 0 Å². The number of benzene rings is 2. The van der Waals surface area contributed by atoms with Crippen molar-refractivity contribution in [3.8, 4) is 0 Å². The summed E-state index contributed by atoms with van der Waals surface area (Å²) in [6.45, 7) is 0.339. The van der Waals surface area contributed by atoms with Gasteiger partial charge in [0, 0.05) is 39.8 Å². The summed E-state index contributed by atoms with van der Waals surface area (Å²) in [7, 11) is 1.32. The number of halogens is 2. The van der Waals surface area contributed by atoms with Gasteiger partial charge in [0.2, 0.25) is 0 Å². The molecular weight excluding hydrogens is 389 g/mol. The van der Waals surface area contributed by atoms with E-state index in [4.69, 9.17) is 33.7 Å². The predicted molar refractivity (Wildman–Crippen MR) is 105 cm³/mol. The van der Waals surface area contributed by atoms with Gasteiger partial charge in [-0.2, -0.15) is 0 Å². The highest BCUT2D eigenvalue weighted by molar-refractivity contribution is 6.35. The Balaban J connectivity index is 1.93. The normalized spacial score (nSPS) is 18.2. The molecule has 1 aliphatic rings. The van der Waals surface area contributed by atoms with Crippen LogP contribution >= 0.6 is 23.2 Å². The summed E-state index contributed by atoms with van der Waals surface area (Å²) in [5.41, 5.74) is 8.26. The highest BCUT2D eigenvalue weighted by Gasteiger charge is 2.34. The summed E-state index contributed by atoms with van der Waals surface area (Å²) in [6, 6.07) is 9.24. The van der Waals surface area contributed by atoms with Crippen LogP contribution < -0.4 is 16.4 Å². The fourth-order valence-electron chi connectivity index (χ4n) is 3.17. The molecule has 8 heteroatoms. The summed E-state index contributed by atoms with van der Waals surface area (Å²) in [6.07, 6.45) is 0.295. The molecule has 1 aliphatic heterocycles. The van der Waals surface area contributed by atoms with Crippen molar-refractivity contribution in [2.24, 2.45) is 5.73 Å². The first kappa shape index (κ1) is 19.5. The number of methoxy groups -OCH3 is 1. The molecule has 0 aliphatic carbocycles. The lowest BCUT2D eigenvalue weighted by Gasteiger charge is -2.33. The van der Waals surface area contributed by atoms with Crippen LogP contribution in [-0.4, -0.2) is 25.0 Å². The van der Waals surface area contributed by atoms with E-state index in [-0.39, 0.29) is 5.91 Å². The van der Waals surface area contributed by atoms with Gasteiger partial charge in [0.1, 0.15) is 6.04 Å². The molecule has 0 aromatic heterocycles. The number of amides is 1. The molecular formula is C19H19Cl2N3O3. The molecule has 2 aromatic rings. The molecule has 2 atom stereocenters. The average molecular weight is 408 g/mol. The minimum absolute atomic E-state index is 0.280. The molecule has 0 saturated heterocycles. The lowest BCUT2D eigenvalue weighted by atomic mass is 9.92. The molecule has 0 radical (unpaired) electrons. The van der Waals surface area contributed by atoms with E-state index in [9.17, 15) is 9.59 Å². The number of hydrogen-bond acceptors (Lipinski definition) is 5. The Morgan fingerprint density at radius 2 is 2.07 bits per heavy atom. The Kier molecular flexibility index (Phi) is 5.89. The fourth-order valence-corrected chi connectivity index (χ4v) is 3.79. The average Bonchev–Trinajstić information content (AvgIpc) is 2.66. The van der Waals surface area contributed by atoms with Crippen molar-refractivity contribution in [1.29, 1.82) is 0 Å². The summed E-state index contributed by atoms with van der Waals surface area (Å²) in [4.78, 5) is 24.8. The van der Waals surface area contributed by atoms with Gasteiger partial charge in [-0.25, -0.2) is 4.79 Å². The van der Waals surface area contributed by atoms with Crippen LogP contribution in [0.2, 0.25) is 10.0 Å². The number of rotatable bonds is 4. The fraction of sp³-hybridized carbons (Fsp3) is 0.263. The summed E-state index contributed by atoms with van der Waals surface area (Å²) >= 11 is 12.5. The molecule has 4 N–H and O–H groups in total. The molecule has 0 fully saturated rings. The standard InChI is InChI=1S/C19H19Cl2N3O3/c1-27-19(26)16-8-15(17-13(21)6-12(20)7-14(17)23-16)24-18(25)11-4-2-3-10(5-11)9-22/h2-7,15-16,23H,8-9,22H2,1H3,(H,24,25)/t15-,16+/m0/s1. The zero-order valence-corrected chi connectivity index (χ0v) is 16.1. The van der Waals surface area contributed by atoms with Crippen LogP contribution in [0.15, 0.2) is 36.4 Å². The summed E-state index contributed by atoms with van der Waals surface area (Å²) in [5, 5.41) is 6.88. The van der Waals surface area contributed by atoms with Gasteiger partial charge in [-0.05, 0) is 29.8 Å². The third-order valence-electron chi connectivity index (χ3n) is 4.46. The molecule has 6 nitrogen and oxygen atoms in total. The largest absolute Gasteiger partial charge is 0.467 e. The third kappa shape index (κ3) is 4.18. The minimum Gasteiger partial charge on any atom is -0.467 e. The van der Waals surface area contributed by atoms with E-state index < -0.39 is 18.1 Å². The Hall–Kier alpha value is -2.28. The maximum absolute atomic E-state index is 12.8. The molecule has 1 heterocycles. The number of esters is 1. The number of nitrogens with one attached hydrogen (secondary N) is 2. The van der Waals surface area contributed by atoms with Gasteiger partial charge in [-0.1, -0.05) is 35.3 Å². The Bertz CT molecular complexity index is 888. The number of nitrogens with two attached hydrogens (primary N) is 1. The van der Waals surface area contributed by atoms with Crippen molar-refractivity contribution in [2.75, 3.05) is 12.4 Å². The molecule has 3 rings (SSSR count). The molecule has 0 spiro atoms. The number of carbonyl (C=O) groups excluding carboxylic acids is 2. The maximum Gasteiger partial charge on any atom is 0.328 e. The SMILES string of the molecule is COC(=O)[C@H]1C[C@H](NC(=O)c2cccc(CN)c2)c2c(Cl)cc(Cl)cc2N1. The lowest BCUT2D eigenvalue weighted by molar-refractivity contribution is -0.141. The molecule has 2 aromatic carbocycles. The highest BCUT2D eigenvalue weighted by atomic mass is 35.5. The van der Waals surface area contributed by atoms with Gasteiger partial charge >= 0.3 is 5.97 Å². The minimum atomic E-state index is -0.627. The molecule has 0 unspecified atom stereocenters. The van der Waals surface area contributed by atoms with Crippen molar-refractivity contribution in [3.63, 3.8) is 0 Å². The third-order valence-corrected chi connectivity index (χ3v) is 4.99. The van der Waals surface area contributed by atoms with Crippen molar-refractivity contribution in [2.45, 2.75) is 25.0 Å². The molecule has 142 valence electrons. The first-order chi connectivity index (χ1) is 12.9. The predicted octanol–water partition coefficient (Wildman–Crippen LogP) is 3.28. The van der Waals surface area contributed by atoms with Crippen LogP contribution in [0, 0.1) is 0 Å². The first-order valence-corrected chi connectivity index (χ1v) is 9.11. The monoisotopic (exact) mass is 407 g/mol. The second-order valence-corrected chi connectivity index (χ2v) is 7.08. The van der Waals surface area contributed by atoms with E-state index in [1.54, 1.807) is 30.3 Å². The van der Waals surface area contributed by atoms with Crippen LogP contribution in [-0.2, 0) is 16.1 Å². The van der Waals surface area contributed by atoms with E-state index >= 15 is 0 Å². The van der Waals surface area contributed by atoms with E-state index in [1.807, 2.05) is 6.07 Å². The number of fused-ring (bicyclic) bond motifs is 1. The zero-order chi connectivity index (χ0) is 19.6. The van der Waals surface area contributed by atoms with Crippen LogP contribution in [0.1, 0.15) is 33.9 Å². The Labute approximate surface area is 167 Å². The number of hydrogen-bond donors (Lipinski definition) is 3. The van der Waals surface area contributed by atoms with E-state index in [1.165, 1.54) is 7.11 Å². The molecule has 0 saturated carbocycles. The molecule has 27 heavy (non-hydrogen) atoms. The van der Waals surface area contributed by atoms with Crippen LogP contribution in [0.25, 0.3) is 0 Å². The van der Waals surface area contributed by atoms with E-state index in [0.717, 1.165) is 5.56 Å². The summed E-state index contributed by atoms with van der Waals surface area (Å²) in [5.74, 6) is -0.709. The van der Waals surface area contributed by atoms with Crippen LogP contribution in [0.5, 0.6) is 0 Å². The van der Waals surface area contributed by atoms with Crippen molar-refractivity contribution < 1.29 is 14.3 Å². The van der Waals surface area contributed by atoms with Gasteiger partial charge in [0.05, 0.1) is 13.2 Å².